The van der Waals surface area contributed by atoms with Crippen LogP contribution in [0.3, 0.4) is 0 Å². The third-order valence-electron chi connectivity index (χ3n) is 5.35. The molecule has 0 radical (unpaired) electrons. The lowest BCUT2D eigenvalue weighted by atomic mass is 9.99. The summed E-state index contributed by atoms with van der Waals surface area (Å²) in [6.07, 6.45) is 1.23. The number of ether oxygens (including phenoxy) is 1. The van der Waals surface area contributed by atoms with Gasteiger partial charge in [0.25, 0.3) is 16.9 Å². The maximum absolute atomic E-state index is 14.4. The van der Waals surface area contributed by atoms with Crippen molar-refractivity contribution in [1.29, 1.82) is 0 Å². The van der Waals surface area contributed by atoms with E-state index in [0.29, 0.717) is 23.4 Å². The quantitative estimate of drug-likeness (QED) is 0.280. The number of rotatable bonds is 7. The molecule has 35 heavy (non-hydrogen) atoms. The van der Waals surface area contributed by atoms with E-state index in [2.05, 4.69) is 14.3 Å². The highest BCUT2D eigenvalue weighted by Crippen LogP contribution is 2.33. The Morgan fingerprint density at radius 3 is 2.69 bits per heavy atom. The normalized spacial score (nSPS) is 11.4. The van der Waals surface area contributed by atoms with Crippen LogP contribution >= 0.6 is 11.5 Å². The molecular formula is C23H21FN4O6S. The van der Waals surface area contributed by atoms with E-state index in [1.807, 2.05) is 13.8 Å². The van der Waals surface area contributed by atoms with Crippen molar-refractivity contribution in [1.82, 2.24) is 14.3 Å². The predicted molar refractivity (Wildman–Crippen MR) is 127 cm³/mol. The first-order valence-corrected chi connectivity index (χ1v) is 11.4. The third kappa shape index (κ3) is 4.64. The summed E-state index contributed by atoms with van der Waals surface area (Å²) in [7, 11) is 0. The molecule has 1 aliphatic heterocycles. The number of primary amides is 1. The van der Waals surface area contributed by atoms with Gasteiger partial charge in [-0.1, -0.05) is 25.4 Å². The molecular weight excluding hydrogens is 479 g/mol. The number of nitrogens with one attached hydrogen (secondary N) is 2. The van der Waals surface area contributed by atoms with Crippen molar-refractivity contribution < 1.29 is 19.0 Å². The van der Waals surface area contributed by atoms with Gasteiger partial charge in [-0.3, -0.25) is 23.6 Å². The molecule has 2 aromatic rings. The van der Waals surface area contributed by atoms with Crippen molar-refractivity contribution >= 4 is 28.3 Å². The monoisotopic (exact) mass is 500 g/mol. The highest BCUT2D eigenvalue weighted by Gasteiger charge is 2.20. The average Bonchev–Trinajstić information content (AvgIpc) is 2.79. The Hall–Kier alpha value is -4.06. The second kappa shape index (κ2) is 9.29. The Labute approximate surface area is 200 Å². The number of aromatic amines is 2. The van der Waals surface area contributed by atoms with E-state index in [-0.39, 0.29) is 32.4 Å². The Balaban J connectivity index is 1.95. The van der Waals surface area contributed by atoms with Crippen molar-refractivity contribution in [3.8, 4) is 22.9 Å². The molecule has 0 unspecified atom stereocenters. The number of aromatic nitrogens is 3. The predicted octanol–water partition coefficient (Wildman–Crippen LogP) is 1.72. The summed E-state index contributed by atoms with van der Waals surface area (Å²) in [6.45, 7) is 3.51. The molecule has 2 heterocycles. The Bertz CT molecular complexity index is 1710. The number of H-pyrrole nitrogens is 2. The van der Waals surface area contributed by atoms with Crippen molar-refractivity contribution in [2.45, 2.75) is 26.7 Å². The molecule has 0 fully saturated rings. The van der Waals surface area contributed by atoms with Crippen molar-refractivity contribution in [3.05, 3.63) is 70.3 Å². The molecule has 0 atom stereocenters. The maximum atomic E-state index is 14.4. The minimum Gasteiger partial charge on any atom is -0.506 e. The number of carbonyl (C=O) groups excluding carboxylic acids is 1. The number of carbonyl (C=O) groups is 1. The Morgan fingerprint density at radius 2 is 2.00 bits per heavy atom. The number of nitrogens with two attached hydrogens (primary N) is 1. The first kappa shape index (κ1) is 24.1. The fraction of sp³-hybridized carbons (Fsp3) is 0.261. The van der Waals surface area contributed by atoms with Gasteiger partial charge in [0.15, 0.2) is 12.4 Å². The number of aryl methyl sites for hydroxylation is 1. The molecule has 10 nitrogen and oxygen atoms in total. The molecule has 2 aliphatic rings. The second-order valence-corrected chi connectivity index (χ2v) is 9.21. The zero-order valence-electron chi connectivity index (χ0n) is 18.7. The fourth-order valence-corrected chi connectivity index (χ4v) is 4.46. The molecule has 1 amide bonds. The van der Waals surface area contributed by atoms with E-state index >= 15 is 0 Å². The first-order valence-electron chi connectivity index (χ1n) is 10.6. The number of amides is 1. The molecule has 1 aromatic carbocycles. The number of hydrogen-bond acceptors (Lipinski definition) is 8. The van der Waals surface area contributed by atoms with Crippen LogP contribution in [0.1, 0.15) is 25.8 Å². The number of pyridine rings is 1. The van der Waals surface area contributed by atoms with E-state index in [1.165, 1.54) is 6.07 Å². The zero-order valence-corrected chi connectivity index (χ0v) is 19.5. The van der Waals surface area contributed by atoms with E-state index < -0.39 is 40.5 Å². The van der Waals surface area contributed by atoms with Crippen LogP contribution in [0.15, 0.2) is 32.6 Å². The van der Waals surface area contributed by atoms with Gasteiger partial charge in [0.05, 0.1) is 5.52 Å². The third-order valence-corrected chi connectivity index (χ3v) is 6.25. The van der Waals surface area contributed by atoms with Crippen LogP contribution in [0.25, 0.3) is 22.3 Å². The summed E-state index contributed by atoms with van der Waals surface area (Å²) in [5, 5.41) is 10.7. The molecule has 0 bridgehead atoms. The second-order valence-electron chi connectivity index (χ2n) is 8.40. The van der Waals surface area contributed by atoms with Crippen LogP contribution in [0.5, 0.6) is 11.5 Å². The maximum Gasteiger partial charge on any atom is 0.263 e. The van der Waals surface area contributed by atoms with Crippen LogP contribution in [-0.2, 0) is 11.2 Å². The zero-order chi connectivity index (χ0) is 25.4. The van der Waals surface area contributed by atoms with Gasteiger partial charge in [-0.05, 0) is 36.5 Å². The molecule has 5 N–H and O–H groups in total. The van der Waals surface area contributed by atoms with E-state index in [4.69, 9.17) is 10.5 Å². The number of benzene rings is 1. The number of nitrogens with zero attached hydrogens (tertiary/aromatic N) is 1. The lowest BCUT2D eigenvalue weighted by molar-refractivity contribution is -0.119. The van der Waals surface area contributed by atoms with Gasteiger partial charge in [-0.25, -0.2) is 9.37 Å². The average molecular weight is 501 g/mol. The van der Waals surface area contributed by atoms with Crippen LogP contribution in [0, 0.1) is 21.6 Å². The van der Waals surface area contributed by atoms with Crippen LogP contribution in [0.4, 0.5) is 4.39 Å². The topological polar surface area (TPSA) is 168 Å². The summed E-state index contributed by atoms with van der Waals surface area (Å²) in [6, 6.07) is 3.33. The summed E-state index contributed by atoms with van der Waals surface area (Å²) < 4.78 is 22.4. The van der Waals surface area contributed by atoms with Crippen LogP contribution < -0.4 is 26.9 Å². The number of fused-ring (bicyclic) bond motifs is 1. The largest absolute Gasteiger partial charge is 0.506 e. The van der Waals surface area contributed by atoms with Gasteiger partial charge in [0.1, 0.15) is 32.8 Å². The Kier molecular flexibility index (Phi) is 6.39. The van der Waals surface area contributed by atoms with Gasteiger partial charge < -0.3 is 20.6 Å². The van der Waals surface area contributed by atoms with Gasteiger partial charge in [0, 0.05) is 11.5 Å². The number of halogens is 1. The smallest absolute Gasteiger partial charge is 0.263 e. The standard InChI is InChI=1S/C23H21FN4O6S/c1-9(2)3-4-10-5-11(24)6-12-17(10)27-23(33)16(19(12)31)22-26-18-20(32)13(29)7-14(21(18)35-28-22)34-8-15(25)30/h5-7,9H,3-4,8H2,1-2H3,(H2,25,30)(H,26,28)(H2,27,31,33). The van der Waals surface area contributed by atoms with E-state index in [0.717, 1.165) is 30.1 Å². The summed E-state index contributed by atoms with van der Waals surface area (Å²) in [4.78, 5) is 55.4. The lowest BCUT2D eigenvalue weighted by Gasteiger charge is -2.12. The summed E-state index contributed by atoms with van der Waals surface area (Å²) in [5.41, 5.74) is 2.96. The highest BCUT2D eigenvalue weighted by atomic mass is 32.1. The molecule has 4 rings (SSSR count). The molecule has 0 saturated carbocycles. The minimum atomic E-state index is -0.961. The molecule has 1 aliphatic carbocycles. The molecule has 12 heteroatoms. The fourth-order valence-electron chi connectivity index (χ4n) is 3.66. The van der Waals surface area contributed by atoms with Crippen molar-refractivity contribution in [2.75, 3.05) is 6.61 Å². The van der Waals surface area contributed by atoms with E-state index in [9.17, 15) is 28.7 Å². The molecule has 0 saturated heterocycles. The SMILES string of the molecule is CC(C)CCc1cc(F)cc2c(O)c(-c3nc4c(=O)c(=O)cc(OCC(N)=O)c=4s[nH]3)c(=O)[nH]c12. The first-order chi connectivity index (χ1) is 16.6. The number of aromatic hydroxyl groups is 1. The molecule has 1 aromatic heterocycles. The highest BCUT2D eigenvalue weighted by molar-refractivity contribution is 7.03. The summed E-state index contributed by atoms with van der Waals surface area (Å²) in [5.74, 6) is -1.85. The van der Waals surface area contributed by atoms with Gasteiger partial charge in [-0.2, -0.15) is 0 Å². The Morgan fingerprint density at radius 1 is 1.26 bits per heavy atom. The van der Waals surface area contributed by atoms with Crippen LogP contribution in [0.2, 0.25) is 0 Å². The van der Waals surface area contributed by atoms with Gasteiger partial charge in [-0.15, -0.1) is 0 Å². The van der Waals surface area contributed by atoms with E-state index in [1.54, 1.807) is 0 Å². The molecule has 0 spiro atoms. The van der Waals surface area contributed by atoms with Gasteiger partial charge in [0.2, 0.25) is 5.43 Å². The van der Waals surface area contributed by atoms with Crippen molar-refractivity contribution in [2.24, 2.45) is 11.7 Å². The van der Waals surface area contributed by atoms with Gasteiger partial charge >= 0.3 is 0 Å². The minimum absolute atomic E-state index is 0.0732. The number of hydrogen-bond donors (Lipinski definition) is 4. The van der Waals surface area contributed by atoms with Crippen LogP contribution in [-0.4, -0.2) is 32.0 Å². The lowest BCUT2D eigenvalue weighted by Crippen LogP contribution is -2.27. The van der Waals surface area contributed by atoms with Crippen molar-refractivity contribution in [3.63, 3.8) is 0 Å². The molecule has 182 valence electrons. The summed E-state index contributed by atoms with van der Waals surface area (Å²) >= 11 is 0.798.